The van der Waals surface area contributed by atoms with Gasteiger partial charge in [-0.25, -0.2) is 8.42 Å². The summed E-state index contributed by atoms with van der Waals surface area (Å²) in [5.41, 5.74) is 2.29. The molecule has 0 saturated heterocycles. The van der Waals surface area contributed by atoms with Gasteiger partial charge in [-0.05, 0) is 73.0 Å². The van der Waals surface area contributed by atoms with E-state index in [0.717, 1.165) is 28.4 Å². The van der Waals surface area contributed by atoms with E-state index >= 15 is 0 Å². The Kier molecular flexibility index (Phi) is 6.39. The van der Waals surface area contributed by atoms with E-state index in [1.807, 2.05) is 24.3 Å². The Balaban J connectivity index is 1.70. The molecule has 3 aromatic rings. The molecule has 0 radical (unpaired) electrons. The first-order chi connectivity index (χ1) is 15.4. The maximum absolute atomic E-state index is 13.6. The third-order valence-corrected chi connectivity index (χ3v) is 7.49. The topological polar surface area (TPSA) is 66.9 Å². The van der Waals surface area contributed by atoms with E-state index in [4.69, 9.17) is 16.3 Å². The zero-order valence-corrected chi connectivity index (χ0v) is 19.1. The minimum Gasteiger partial charge on any atom is -0.497 e. The van der Waals surface area contributed by atoms with Crippen LogP contribution < -0.4 is 13.9 Å². The van der Waals surface area contributed by atoms with Crippen LogP contribution in [0, 0.1) is 0 Å². The molecule has 0 aliphatic carbocycles. The predicted octanol–water partition coefficient (Wildman–Crippen LogP) is 4.52. The van der Waals surface area contributed by atoms with Crippen LogP contribution in [-0.4, -0.2) is 34.5 Å². The summed E-state index contributed by atoms with van der Waals surface area (Å²) in [5.74, 6) is 0.257. The van der Waals surface area contributed by atoms with Crippen molar-refractivity contribution in [1.82, 2.24) is 0 Å². The van der Waals surface area contributed by atoms with Gasteiger partial charge >= 0.3 is 0 Å². The highest BCUT2D eigenvalue weighted by Gasteiger charge is 2.31. The Labute approximate surface area is 193 Å². The number of carbonyl (C=O) groups excluding carboxylic acids is 1. The van der Waals surface area contributed by atoms with Gasteiger partial charge in [0.05, 0.1) is 17.7 Å². The van der Waals surface area contributed by atoms with E-state index in [-0.39, 0.29) is 17.3 Å². The lowest BCUT2D eigenvalue weighted by Gasteiger charge is -2.32. The van der Waals surface area contributed by atoms with Crippen molar-refractivity contribution < 1.29 is 17.9 Å². The summed E-state index contributed by atoms with van der Waals surface area (Å²) in [6.45, 7) is 0.219. The number of benzene rings is 3. The van der Waals surface area contributed by atoms with Crippen molar-refractivity contribution in [2.24, 2.45) is 0 Å². The Bertz CT molecular complexity index is 1210. The Morgan fingerprint density at radius 2 is 1.72 bits per heavy atom. The fourth-order valence-electron chi connectivity index (χ4n) is 3.80. The lowest BCUT2D eigenvalue weighted by Crippen LogP contribution is -2.45. The monoisotopic (exact) mass is 470 g/mol. The number of anilines is 2. The van der Waals surface area contributed by atoms with Gasteiger partial charge in [0.1, 0.15) is 12.3 Å². The van der Waals surface area contributed by atoms with Gasteiger partial charge in [-0.2, -0.15) is 0 Å². The molecule has 0 unspecified atom stereocenters. The van der Waals surface area contributed by atoms with Crippen LogP contribution in [-0.2, 0) is 21.2 Å². The smallest absolute Gasteiger partial charge is 0.264 e. The molecule has 1 aliphatic heterocycles. The summed E-state index contributed by atoms with van der Waals surface area (Å²) in [5, 5.41) is 0.479. The summed E-state index contributed by atoms with van der Waals surface area (Å²) >= 11 is 6.01. The highest BCUT2D eigenvalue weighted by molar-refractivity contribution is 7.92. The maximum atomic E-state index is 13.6. The molecule has 8 heteroatoms. The van der Waals surface area contributed by atoms with Crippen LogP contribution in [0.15, 0.2) is 77.7 Å². The first kappa shape index (κ1) is 22.2. The highest BCUT2D eigenvalue weighted by atomic mass is 35.5. The van der Waals surface area contributed by atoms with Crippen LogP contribution in [0.3, 0.4) is 0 Å². The lowest BCUT2D eigenvalue weighted by molar-refractivity contribution is -0.117. The van der Waals surface area contributed by atoms with Crippen LogP contribution in [0.4, 0.5) is 11.4 Å². The zero-order chi connectivity index (χ0) is 22.7. The van der Waals surface area contributed by atoms with E-state index in [1.165, 1.54) is 19.2 Å². The molecule has 1 heterocycles. The quantitative estimate of drug-likeness (QED) is 0.531. The molecule has 0 bridgehead atoms. The van der Waals surface area contributed by atoms with Gasteiger partial charge in [0.15, 0.2) is 0 Å². The average Bonchev–Trinajstić information content (AvgIpc) is 2.82. The minimum atomic E-state index is -4.02. The van der Waals surface area contributed by atoms with Gasteiger partial charge in [-0.3, -0.25) is 9.10 Å². The lowest BCUT2D eigenvalue weighted by atomic mass is 10.0. The second-order valence-electron chi connectivity index (χ2n) is 7.44. The molecule has 4 rings (SSSR count). The van der Waals surface area contributed by atoms with Gasteiger partial charge in [0.2, 0.25) is 5.91 Å². The van der Waals surface area contributed by atoms with Crippen molar-refractivity contribution in [2.45, 2.75) is 17.7 Å². The molecule has 3 aromatic carbocycles. The van der Waals surface area contributed by atoms with Crippen molar-refractivity contribution in [3.8, 4) is 5.75 Å². The molecule has 6 nitrogen and oxygen atoms in total. The highest BCUT2D eigenvalue weighted by Crippen LogP contribution is 2.30. The van der Waals surface area contributed by atoms with E-state index in [9.17, 15) is 13.2 Å². The average molecular weight is 471 g/mol. The van der Waals surface area contributed by atoms with E-state index in [2.05, 4.69) is 0 Å². The summed E-state index contributed by atoms with van der Waals surface area (Å²) in [7, 11) is -2.50. The Morgan fingerprint density at radius 3 is 2.41 bits per heavy atom. The largest absolute Gasteiger partial charge is 0.497 e. The van der Waals surface area contributed by atoms with Gasteiger partial charge < -0.3 is 9.64 Å². The van der Waals surface area contributed by atoms with Crippen LogP contribution >= 0.6 is 11.6 Å². The molecule has 166 valence electrons. The van der Waals surface area contributed by atoms with Crippen LogP contribution in [0.2, 0.25) is 5.02 Å². The molecular weight excluding hydrogens is 448 g/mol. The summed E-state index contributed by atoms with van der Waals surface area (Å²) in [4.78, 5) is 15.1. The number of carbonyl (C=O) groups is 1. The molecule has 1 amide bonds. The first-order valence-electron chi connectivity index (χ1n) is 10.2. The molecular formula is C24H23ClN2O4S. The minimum absolute atomic E-state index is 0.0695. The molecule has 0 fully saturated rings. The normalized spacial score (nSPS) is 13.4. The van der Waals surface area contributed by atoms with E-state index in [1.54, 1.807) is 41.3 Å². The number of hydrogen-bond acceptors (Lipinski definition) is 4. The van der Waals surface area contributed by atoms with Crippen LogP contribution in [0.1, 0.15) is 12.0 Å². The van der Waals surface area contributed by atoms with E-state index < -0.39 is 10.0 Å². The van der Waals surface area contributed by atoms with Crippen molar-refractivity contribution >= 4 is 38.9 Å². The van der Waals surface area contributed by atoms with Gasteiger partial charge in [0.25, 0.3) is 10.0 Å². The number of ether oxygens (including phenoxy) is 1. The third kappa shape index (κ3) is 4.45. The summed E-state index contributed by atoms with van der Waals surface area (Å²) in [6.07, 6.45) is 1.72. The zero-order valence-electron chi connectivity index (χ0n) is 17.6. The molecule has 0 spiro atoms. The fourth-order valence-corrected chi connectivity index (χ4v) is 5.34. The summed E-state index contributed by atoms with van der Waals surface area (Å²) in [6, 6.07) is 20.2. The second kappa shape index (κ2) is 9.22. The fraction of sp³-hybridized carbons (Fsp3) is 0.208. The first-order valence-corrected chi connectivity index (χ1v) is 12.0. The number of fused-ring (bicyclic) bond motifs is 1. The number of rotatable bonds is 6. The van der Waals surface area contributed by atoms with Crippen molar-refractivity contribution in [3.63, 3.8) is 0 Å². The van der Waals surface area contributed by atoms with Crippen molar-refractivity contribution in [1.29, 1.82) is 0 Å². The molecule has 0 atom stereocenters. The van der Waals surface area contributed by atoms with Gasteiger partial charge in [-0.1, -0.05) is 29.8 Å². The van der Waals surface area contributed by atoms with Gasteiger partial charge in [0, 0.05) is 17.3 Å². The van der Waals surface area contributed by atoms with Crippen molar-refractivity contribution in [3.05, 3.63) is 83.4 Å². The number of aryl methyl sites for hydroxylation is 1. The molecule has 0 aromatic heterocycles. The number of halogens is 1. The number of sulfonamides is 1. The standard InChI is InChI=1S/C24H23ClN2O4S/c1-31-21-12-14-22(15-13-21)32(29,30)27(20-10-8-19(25)9-11-20)17-24(28)26-16-4-6-18-5-2-3-7-23(18)26/h2-3,5,7-15H,4,6,16-17H2,1H3. The number of para-hydroxylation sites is 1. The third-order valence-electron chi connectivity index (χ3n) is 5.45. The predicted molar refractivity (Wildman–Crippen MR) is 126 cm³/mol. The number of methoxy groups -OCH3 is 1. The maximum Gasteiger partial charge on any atom is 0.264 e. The van der Waals surface area contributed by atoms with Crippen LogP contribution in [0.25, 0.3) is 0 Å². The van der Waals surface area contributed by atoms with E-state index in [0.29, 0.717) is 23.0 Å². The molecule has 32 heavy (non-hydrogen) atoms. The van der Waals surface area contributed by atoms with Crippen molar-refractivity contribution in [2.75, 3.05) is 29.4 Å². The second-order valence-corrected chi connectivity index (χ2v) is 9.74. The summed E-state index contributed by atoms with van der Waals surface area (Å²) < 4.78 is 33.4. The number of amides is 1. The molecule has 0 saturated carbocycles. The SMILES string of the molecule is COc1ccc(S(=O)(=O)N(CC(=O)N2CCCc3ccccc32)c2ccc(Cl)cc2)cc1. The number of hydrogen-bond donors (Lipinski definition) is 0. The Hall–Kier alpha value is -3.03. The Morgan fingerprint density at radius 1 is 1.03 bits per heavy atom. The van der Waals surface area contributed by atoms with Gasteiger partial charge in [-0.15, -0.1) is 0 Å². The molecule has 1 aliphatic rings. The molecule has 0 N–H and O–H groups in total. The number of nitrogens with zero attached hydrogens (tertiary/aromatic N) is 2. The van der Waals surface area contributed by atoms with Crippen LogP contribution in [0.5, 0.6) is 5.75 Å².